The SMILES string of the molecule is C[C@H]1C[C@@H](O)[C@H](CCC(O)CNc2ccccc2)C1CCCCCCC(=O)O. The Morgan fingerprint density at radius 1 is 1.11 bits per heavy atom. The van der Waals surface area contributed by atoms with E-state index in [1.807, 2.05) is 30.3 Å². The summed E-state index contributed by atoms with van der Waals surface area (Å²) in [5.74, 6) is 0.565. The molecule has 0 spiro atoms. The van der Waals surface area contributed by atoms with Gasteiger partial charge in [0.2, 0.25) is 0 Å². The highest BCUT2D eigenvalue weighted by Gasteiger charge is 2.39. The first-order valence-electron chi connectivity index (χ1n) is 10.8. The molecule has 0 aliphatic heterocycles. The Labute approximate surface area is 169 Å². The summed E-state index contributed by atoms with van der Waals surface area (Å²) in [7, 11) is 0. The monoisotopic (exact) mass is 391 g/mol. The number of benzene rings is 1. The maximum atomic E-state index is 10.6. The van der Waals surface area contributed by atoms with Crippen LogP contribution in [-0.4, -0.2) is 40.0 Å². The maximum absolute atomic E-state index is 10.6. The van der Waals surface area contributed by atoms with E-state index in [0.29, 0.717) is 24.8 Å². The molecule has 0 bridgehead atoms. The van der Waals surface area contributed by atoms with Crippen molar-refractivity contribution >= 4 is 11.7 Å². The van der Waals surface area contributed by atoms with Crippen molar-refractivity contribution in [1.82, 2.24) is 0 Å². The van der Waals surface area contributed by atoms with Crippen LogP contribution in [0.4, 0.5) is 5.69 Å². The first-order chi connectivity index (χ1) is 13.5. The molecule has 0 amide bonds. The van der Waals surface area contributed by atoms with Crippen LogP contribution in [-0.2, 0) is 4.79 Å². The van der Waals surface area contributed by atoms with Gasteiger partial charge in [0.25, 0.3) is 0 Å². The number of nitrogens with one attached hydrogen (secondary N) is 1. The van der Waals surface area contributed by atoms with Gasteiger partial charge in [0.15, 0.2) is 0 Å². The first kappa shape index (κ1) is 22.7. The molecule has 1 fully saturated rings. The zero-order chi connectivity index (χ0) is 20.4. The summed E-state index contributed by atoms with van der Waals surface area (Å²) in [6.45, 7) is 2.75. The topological polar surface area (TPSA) is 89.8 Å². The molecule has 0 aromatic heterocycles. The Hall–Kier alpha value is -1.59. The van der Waals surface area contributed by atoms with Crippen molar-refractivity contribution in [2.24, 2.45) is 17.8 Å². The molecule has 2 unspecified atom stereocenters. The van der Waals surface area contributed by atoms with Gasteiger partial charge in [-0.1, -0.05) is 44.4 Å². The van der Waals surface area contributed by atoms with E-state index in [9.17, 15) is 15.0 Å². The Balaban J connectivity index is 1.69. The third kappa shape index (κ3) is 7.80. The molecular formula is C23H37NO4. The molecule has 1 aliphatic rings. The van der Waals surface area contributed by atoms with Gasteiger partial charge >= 0.3 is 5.97 Å². The Morgan fingerprint density at radius 3 is 2.54 bits per heavy atom. The number of para-hydroxylation sites is 1. The number of rotatable bonds is 13. The van der Waals surface area contributed by atoms with E-state index in [1.54, 1.807) is 0 Å². The van der Waals surface area contributed by atoms with Gasteiger partial charge in [-0.15, -0.1) is 0 Å². The van der Waals surface area contributed by atoms with E-state index in [2.05, 4.69) is 12.2 Å². The van der Waals surface area contributed by atoms with Crippen molar-refractivity contribution in [3.63, 3.8) is 0 Å². The fourth-order valence-electron chi connectivity index (χ4n) is 4.63. The van der Waals surface area contributed by atoms with Crippen LogP contribution in [0.5, 0.6) is 0 Å². The van der Waals surface area contributed by atoms with Crippen molar-refractivity contribution in [1.29, 1.82) is 0 Å². The molecule has 5 nitrogen and oxygen atoms in total. The van der Waals surface area contributed by atoms with Gasteiger partial charge in [-0.2, -0.15) is 0 Å². The third-order valence-corrected chi connectivity index (χ3v) is 6.22. The van der Waals surface area contributed by atoms with E-state index in [0.717, 1.165) is 50.6 Å². The van der Waals surface area contributed by atoms with Crippen LogP contribution < -0.4 is 5.32 Å². The molecule has 1 aliphatic carbocycles. The highest BCUT2D eigenvalue weighted by Crippen LogP contribution is 2.42. The number of carboxylic acid groups (broad SMARTS) is 1. The summed E-state index contributed by atoms with van der Waals surface area (Å²) < 4.78 is 0. The number of anilines is 1. The molecule has 1 aromatic carbocycles. The highest BCUT2D eigenvalue weighted by atomic mass is 16.4. The van der Waals surface area contributed by atoms with Crippen LogP contribution >= 0.6 is 0 Å². The van der Waals surface area contributed by atoms with Crippen molar-refractivity contribution < 1.29 is 20.1 Å². The molecule has 2 rings (SSSR count). The molecule has 5 heteroatoms. The number of unbranched alkanes of at least 4 members (excludes halogenated alkanes) is 3. The third-order valence-electron chi connectivity index (χ3n) is 6.22. The number of hydrogen-bond acceptors (Lipinski definition) is 4. The van der Waals surface area contributed by atoms with E-state index in [-0.39, 0.29) is 18.4 Å². The van der Waals surface area contributed by atoms with Gasteiger partial charge in [0.05, 0.1) is 12.2 Å². The number of carboxylic acids is 1. The second kappa shape index (κ2) is 12.1. The summed E-state index contributed by atoms with van der Waals surface area (Å²) >= 11 is 0. The van der Waals surface area contributed by atoms with Crippen molar-refractivity contribution in [3.8, 4) is 0 Å². The largest absolute Gasteiger partial charge is 0.481 e. The van der Waals surface area contributed by atoms with Gasteiger partial charge < -0.3 is 20.6 Å². The van der Waals surface area contributed by atoms with Crippen molar-refractivity contribution in [3.05, 3.63) is 30.3 Å². The normalized spacial score (nSPS) is 25.5. The molecule has 0 saturated heterocycles. The number of carbonyl (C=O) groups is 1. The molecule has 1 aromatic rings. The predicted octanol–water partition coefficient (Wildman–Crippen LogP) is 4.30. The zero-order valence-electron chi connectivity index (χ0n) is 17.1. The van der Waals surface area contributed by atoms with Crippen LogP contribution in [0.1, 0.15) is 64.7 Å². The van der Waals surface area contributed by atoms with Gasteiger partial charge in [-0.05, 0) is 62.0 Å². The Morgan fingerprint density at radius 2 is 1.82 bits per heavy atom. The van der Waals surface area contributed by atoms with E-state index < -0.39 is 12.1 Å². The highest BCUT2D eigenvalue weighted by molar-refractivity contribution is 5.66. The van der Waals surface area contributed by atoms with E-state index in [4.69, 9.17) is 5.11 Å². The van der Waals surface area contributed by atoms with E-state index in [1.165, 1.54) is 0 Å². The predicted molar refractivity (Wildman–Crippen MR) is 112 cm³/mol. The lowest BCUT2D eigenvalue weighted by Crippen LogP contribution is -2.25. The summed E-state index contributed by atoms with van der Waals surface area (Å²) in [4.78, 5) is 10.6. The number of aliphatic hydroxyl groups is 2. The summed E-state index contributed by atoms with van der Waals surface area (Å²) in [6, 6.07) is 9.88. The Bertz CT molecular complexity index is 565. The first-order valence-corrected chi connectivity index (χ1v) is 10.8. The minimum absolute atomic E-state index is 0.260. The van der Waals surface area contributed by atoms with Crippen LogP contribution in [0.3, 0.4) is 0 Å². The molecule has 28 heavy (non-hydrogen) atoms. The molecule has 1 saturated carbocycles. The van der Waals surface area contributed by atoms with Crippen molar-refractivity contribution in [2.75, 3.05) is 11.9 Å². The number of hydrogen-bond donors (Lipinski definition) is 4. The van der Waals surface area contributed by atoms with Gasteiger partial charge in [0, 0.05) is 18.7 Å². The fourth-order valence-corrected chi connectivity index (χ4v) is 4.63. The molecule has 0 heterocycles. The quantitative estimate of drug-likeness (QED) is 0.377. The minimum Gasteiger partial charge on any atom is -0.481 e. The Kier molecular flexibility index (Phi) is 9.79. The second-order valence-corrected chi connectivity index (χ2v) is 8.43. The number of aliphatic carboxylic acids is 1. The number of aliphatic hydroxyl groups excluding tert-OH is 2. The van der Waals surface area contributed by atoms with Gasteiger partial charge in [0.1, 0.15) is 0 Å². The maximum Gasteiger partial charge on any atom is 0.303 e. The minimum atomic E-state index is -0.715. The molecule has 5 atom stereocenters. The standard InChI is InChI=1S/C23H37NO4/c1-17-15-22(26)21(20(17)11-7-2-3-8-12-23(27)28)14-13-19(25)16-24-18-9-5-4-6-10-18/h4-6,9-10,17,19-22,24-26H,2-3,7-8,11-16H2,1H3,(H,27,28)/t17-,19?,20?,21+,22+/m0/s1. The van der Waals surface area contributed by atoms with Gasteiger partial charge in [-0.25, -0.2) is 0 Å². The lowest BCUT2D eigenvalue weighted by atomic mass is 9.82. The summed E-state index contributed by atoms with van der Waals surface area (Å²) in [5.41, 5.74) is 1.01. The summed E-state index contributed by atoms with van der Waals surface area (Å²) in [5, 5.41) is 32.8. The lowest BCUT2D eigenvalue weighted by molar-refractivity contribution is -0.137. The second-order valence-electron chi connectivity index (χ2n) is 8.43. The smallest absolute Gasteiger partial charge is 0.303 e. The average Bonchev–Trinajstić information content (AvgIpc) is 2.94. The lowest BCUT2D eigenvalue weighted by Gasteiger charge is -2.25. The zero-order valence-corrected chi connectivity index (χ0v) is 17.1. The van der Waals surface area contributed by atoms with E-state index >= 15 is 0 Å². The van der Waals surface area contributed by atoms with Crippen molar-refractivity contribution in [2.45, 2.75) is 76.9 Å². The molecular weight excluding hydrogens is 354 g/mol. The van der Waals surface area contributed by atoms with Crippen LogP contribution in [0.15, 0.2) is 30.3 Å². The summed E-state index contributed by atoms with van der Waals surface area (Å²) in [6.07, 6.45) is 6.94. The van der Waals surface area contributed by atoms with Crippen LogP contribution in [0.2, 0.25) is 0 Å². The molecule has 0 radical (unpaired) electrons. The van der Waals surface area contributed by atoms with Crippen LogP contribution in [0.25, 0.3) is 0 Å². The van der Waals surface area contributed by atoms with Gasteiger partial charge in [-0.3, -0.25) is 4.79 Å². The molecule has 4 N–H and O–H groups in total. The fraction of sp³-hybridized carbons (Fsp3) is 0.696. The van der Waals surface area contributed by atoms with Crippen LogP contribution in [0, 0.1) is 17.8 Å². The molecule has 158 valence electrons. The average molecular weight is 392 g/mol.